The Balaban J connectivity index is 2.23. The first-order valence-electron chi connectivity index (χ1n) is 3.56. The number of aliphatic hydroxyl groups excluding tert-OH is 1. The van der Waals surface area contributed by atoms with Crippen molar-refractivity contribution in [3.63, 3.8) is 0 Å². The maximum absolute atomic E-state index is 9.17. The van der Waals surface area contributed by atoms with Gasteiger partial charge in [-0.2, -0.15) is 11.8 Å². The van der Waals surface area contributed by atoms with E-state index in [0.717, 1.165) is 0 Å². The van der Waals surface area contributed by atoms with Gasteiger partial charge in [0.25, 0.3) is 0 Å². The number of hydrogen-bond acceptors (Lipinski definition) is 2. The number of rotatable bonds is 1. The molecular formula is C7H14OS. The highest BCUT2D eigenvalue weighted by Crippen LogP contribution is 2.24. The molecule has 1 saturated heterocycles. The van der Waals surface area contributed by atoms with E-state index >= 15 is 0 Å². The Morgan fingerprint density at radius 1 is 1.44 bits per heavy atom. The Morgan fingerprint density at radius 3 is 2.33 bits per heavy atom. The Kier molecular flexibility index (Phi) is 2.86. The highest BCUT2D eigenvalue weighted by molar-refractivity contribution is 7.99. The zero-order chi connectivity index (χ0) is 6.69. The highest BCUT2D eigenvalue weighted by atomic mass is 32.2. The van der Waals surface area contributed by atoms with E-state index < -0.39 is 0 Å². The second-order valence-electron chi connectivity index (χ2n) is 2.69. The van der Waals surface area contributed by atoms with Crippen LogP contribution in [0.3, 0.4) is 0 Å². The quantitative estimate of drug-likeness (QED) is 0.605. The topological polar surface area (TPSA) is 20.2 Å². The van der Waals surface area contributed by atoms with Crippen LogP contribution < -0.4 is 0 Å². The molecule has 54 valence electrons. The van der Waals surface area contributed by atoms with E-state index in [4.69, 9.17) is 5.11 Å². The van der Waals surface area contributed by atoms with Crippen LogP contribution in [0.15, 0.2) is 0 Å². The van der Waals surface area contributed by atoms with Crippen molar-refractivity contribution < 1.29 is 5.11 Å². The number of aliphatic hydroxyl groups is 1. The summed E-state index contributed by atoms with van der Waals surface area (Å²) in [7, 11) is 0. The van der Waals surface area contributed by atoms with Gasteiger partial charge in [0.1, 0.15) is 0 Å². The van der Waals surface area contributed by atoms with E-state index in [0.29, 0.717) is 5.92 Å². The zero-order valence-corrected chi connectivity index (χ0v) is 6.66. The van der Waals surface area contributed by atoms with Crippen LogP contribution in [0.4, 0.5) is 0 Å². The second-order valence-corrected chi connectivity index (χ2v) is 3.92. The molecule has 0 saturated carbocycles. The van der Waals surface area contributed by atoms with Crippen LogP contribution in [-0.2, 0) is 0 Å². The molecule has 2 heteroatoms. The summed E-state index contributed by atoms with van der Waals surface area (Å²) in [4.78, 5) is 0. The Bertz CT molecular complexity index is 77.0. The molecule has 1 nitrogen and oxygen atoms in total. The molecule has 0 unspecified atom stereocenters. The summed E-state index contributed by atoms with van der Waals surface area (Å²) < 4.78 is 0. The lowest BCUT2D eigenvalue weighted by Crippen LogP contribution is -2.21. The maximum Gasteiger partial charge on any atom is 0.0540 e. The standard InChI is InChI=1S/C7H14OS/c1-6(8)7-2-4-9-5-3-7/h6-8H,2-5H2,1H3/t6-/m1/s1. The van der Waals surface area contributed by atoms with Gasteiger partial charge in [-0.05, 0) is 37.2 Å². The summed E-state index contributed by atoms with van der Waals surface area (Å²) in [5.41, 5.74) is 0. The molecule has 0 aromatic heterocycles. The van der Waals surface area contributed by atoms with Gasteiger partial charge >= 0.3 is 0 Å². The van der Waals surface area contributed by atoms with Crippen molar-refractivity contribution in [3.05, 3.63) is 0 Å². The molecule has 9 heavy (non-hydrogen) atoms. The van der Waals surface area contributed by atoms with Crippen molar-refractivity contribution >= 4 is 11.8 Å². The van der Waals surface area contributed by atoms with E-state index in [1.807, 2.05) is 18.7 Å². The van der Waals surface area contributed by atoms with E-state index in [1.165, 1.54) is 24.3 Å². The van der Waals surface area contributed by atoms with Crippen molar-refractivity contribution in [1.82, 2.24) is 0 Å². The SMILES string of the molecule is C[C@@H](O)C1CCSCC1. The molecule has 0 amide bonds. The van der Waals surface area contributed by atoms with Crippen LogP contribution in [0, 0.1) is 5.92 Å². The number of hydrogen-bond donors (Lipinski definition) is 1. The molecule has 0 radical (unpaired) electrons. The highest BCUT2D eigenvalue weighted by Gasteiger charge is 2.17. The minimum atomic E-state index is -0.0779. The molecule has 1 heterocycles. The van der Waals surface area contributed by atoms with Crippen LogP contribution in [-0.4, -0.2) is 22.7 Å². The third-order valence-electron chi connectivity index (χ3n) is 1.95. The molecule has 1 aliphatic heterocycles. The average molecular weight is 146 g/mol. The van der Waals surface area contributed by atoms with E-state index in [-0.39, 0.29) is 6.10 Å². The van der Waals surface area contributed by atoms with Crippen LogP contribution in [0.5, 0.6) is 0 Å². The molecule has 1 atom stereocenters. The van der Waals surface area contributed by atoms with Gasteiger partial charge in [0.2, 0.25) is 0 Å². The number of thioether (sulfide) groups is 1. The fourth-order valence-corrected chi connectivity index (χ4v) is 2.34. The Labute approximate surface area is 60.8 Å². The molecule has 0 aromatic rings. The second kappa shape index (κ2) is 3.47. The Morgan fingerprint density at radius 2 is 2.00 bits per heavy atom. The van der Waals surface area contributed by atoms with E-state index in [1.54, 1.807) is 0 Å². The van der Waals surface area contributed by atoms with Gasteiger partial charge < -0.3 is 5.11 Å². The zero-order valence-electron chi connectivity index (χ0n) is 5.84. The lowest BCUT2D eigenvalue weighted by molar-refractivity contribution is 0.120. The van der Waals surface area contributed by atoms with Gasteiger partial charge in [-0.1, -0.05) is 0 Å². The fraction of sp³-hybridized carbons (Fsp3) is 1.00. The van der Waals surface area contributed by atoms with Crippen LogP contribution in [0.25, 0.3) is 0 Å². The van der Waals surface area contributed by atoms with Gasteiger partial charge in [0.05, 0.1) is 6.10 Å². The smallest absolute Gasteiger partial charge is 0.0540 e. The summed E-state index contributed by atoms with van der Waals surface area (Å²) in [6.45, 7) is 1.90. The molecule has 0 aliphatic carbocycles. The van der Waals surface area contributed by atoms with Crippen molar-refractivity contribution in [2.45, 2.75) is 25.9 Å². The predicted octanol–water partition coefficient (Wildman–Crippen LogP) is 1.51. The van der Waals surface area contributed by atoms with Crippen molar-refractivity contribution in [1.29, 1.82) is 0 Å². The first kappa shape index (κ1) is 7.42. The maximum atomic E-state index is 9.17. The summed E-state index contributed by atoms with van der Waals surface area (Å²) in [6, 6.07) is 0. The van der Waals surface area contributed by atoms with E-state index in [2.05, 4.69) is 0 Å². The van der Waals surface area contributed by atoms with Gasteiger partial charge in [-0.25, -0.2) is 0 Å². The Hall–Kier alpha value is 0.310. The molecule has 1 fully saturated rings. The average Bonchev–Trinajstić information content (AvgIpc) is 1.90. The lowest BCUT2D eigenvalue weighted by Gasteiger charge is -2.23. The van der Waals surface area contributed by atoms with Crippen molar-refractivity contribution in [2.24, 2.45) is 5.92 Å². The van der Waals surface area contributed by atoms with Crippen molar-refractivity contribution in [3.8, 4) is 0 Å². The molecule has 1 rings (SSSR count). The molecule has 1 aliphatic rings. The monoisotopic (exact) mass is 146 g/mol. The van der Waals surface area contributed by atoms with Gasteiger partial charge in [-0.3, -0.25) is 0 Å². The predicted molar refractivity (Wildman–Crippen MR) is 41.7 cm³/mol. The largest absolute Gasteiger partial charge is 0.393 e. The van der Waals surface area contributed by atoms with Gasteiger partial charge in [-0.15, -0.1) is 0 Å². The van der Waals surface area contributed by atoms with Gasteiger partial charge in [0, 0.05) is 0 Å². The molecular weight excluding hydrogens is 132 g/mol. The fourth-order valence-electron chi connectivity index (χ4n) is 1.20. The molecule has 0 spiro atoms. The summed E-state index contributed by atoms with van der Waals surface area (Å²) in [6.07, 6.45) is 2.34. The molecule has 0 aromatic carbocycles. The first-order valence-corrected chi connectivity index (χ1v) is 4.72. The minimum absolute atomic E-state index is 0.0779. The third-order valence-corrected chi connectivity index (χ3v) is 3.00. The van der Waals surface area contributed by atoms with E-state index in [9.17, 15) is 0 Å². The van der Waals surface area contributed by atoms with Crippen LogP contribution in [0.1, 0.15) is 19.8 Å². The third kappa shape index (κ3) is 2.18. The molecule has 1 N–H and O–H groups in total. The van der Waals surface area contributed by atoms with Crippen molar-refractivity contribution in [2.75, 3.05) is 11.5 Å². The summed E-state index contributed by atoms with van der Waals surface area (Å²) in [5, 5.41) is 9.17. The molecule has 0 bridgehead atoms. The lowest BCUT2D eigenvalue weighted by atomic mass is 9.97. The van der Waals surface area contributed by atoms with Gasteiger partial charge in [0.15, 0.2) is 0 Å². The minimum Gasteiger partial charge on any atom is -0.393 e. The first-order chi connectivity index (χ1) is 4.30. The summed E-state index contributed by atoms with van der Waals surface area (Å²) >= 11 is 2.00. The van der Waals surface area contributed by atoms with Crippen LogP contribution in [0.2, 0.25) is 0 Å². The van der Waals surface area contributed by atoms with Crippen LogP contribution >= 0.6 is 11.8 Å². The summed E-state index contributed by atoms with van der Waals surface area (Å²) in [5.74, 6) is 3.08. The normalized spacial score (nSPS) is 26.0.